The van der Waals surface area contributed by atoms with Crippen molar-refractivity contribution in [2.24, 2.45) is 0 Å². The number of sulfonamides is 1. The van der Waals surface area contributed by atoms with Gasteiger partial charge < -0.3 is 5.32 Å². The van der Waals surface area contributed by atoms with E-state index in [0.29, 0.717) is 17.8 Å². The van der Waals surface area contributed by atoms with Crippen molar-refractivity contribution in [2.75, 3.05) is 15.8 Å². The molecule has 0 atom stereocenters. The zero-order valence-electron chi connectivity index (χ0n) is 14.9. The van der Waals surface area contributed by atoms with Crippen molar-refractivity contribution < 1.29 is 13.2 Å². The van der Waals surface area contributed by atoms with Crippen molar-refractivity contribution in [3.63, 3.8) is 0 Å². The molecule has 0 unspecified atom stereocenters. The van der Waals surface area contributed by atoms with Crippen LogP contribution in [0.4, 0.5) is 11.4 Å². The Hall–Kier alpha value is -2.34. The van der Waals surface area contributed by atoms with Crippen LogP contribution in [0.2, 0.25) is 0 Å². The predicted octanol–water partition coefficient (Wildman–Crippen LogP) is 3.51. The molecule has 2 aromatic carbocycles. The molecule has 0 radical (unpaired) electrons. The van der Waals surface area contributed by atoms with Crippen LogP contribution in [0.5, 0.6) is 0 Å². The number of benzene rings is 2. The van der Waals surface area contributed by atoms with E-state index in [9.17, 15) is 13.2 Å². The molecule has 5 nitrogen and oxygen atoms in total. The van der Waals surface area contributed by atoms with Crippen molar-refractivity contribution >= 4 is 27.3 Å². The van der Waals surface area contributed by atoms with Crippen LogP contribution < -0.4 is 10.0 Å². The average Bonchev–Trinajstić information content (AvgIpc) is 2.63. The van der Waals surface area contributed by atoms with Crippen LogP contribution in [0.25, 0.3) is 0 Å². The van der Waals surface area contributed by atoms with E-state index in [1.165, 1.54) is 24.0 Å². The topological polar surface area (TPSA) is 75.3 Å². The van der Waals surface area contributed by atoms with Crippen LogP contribution in [0.1, 0.15) is 36.5 Å². The van der Waals surface area contributed by atoms with Crippen LogP contribution in [0.3, 0.4) is 0 Å². The monoisotopic (exact) mass is 372 g/mol. The summed E-state index contributed by atoms with van der Waals surface area (Å²) in [5.74, 6) is -0.0608. The Morgan fingerprint density at radius 2 is 1.62 bits per heavy atom. The second kappa shape index (κ2) is 7.91. The van der Waals surface area contributed by atoms with Gasteiger partial charge in [0.15, 0.2) is 0 Å². The van der Waals surface area contributed by atoms with Gasteiger partial charge in [-0.3, -0.25) is 9.52 Å². The van der Waals surface area contributed by atoms with Crippen LogP contribution in [0.15, 0.2) is 42.5 Å². The SMILES string of the molecule is CCS(=O)(=O)Nc1ccc(NC(=O)Cc2ccc3c(c2)CCCC3)cc1. The number of amides is 1. The summed E-state index contributed by atoms with van der Waals surface area (Å²) in [5, 5.41) is 2.86. The second-order valence-electron chi connectivity index (χ2n) is 6.62. The lowest BCUT2D eigenvalue weighted by atomic mass is 9.90. The number of carbonyl (C=O) groups excluding carboxylic acids is 1. The molecule has 138 valence electrons. The molecule has 0 bridgehead atoms. The fourth-order valence-corrected chi connectivity index (χ4v) is 3.80. The van der Waals surface area contributed by atoms with Crippen molar-refractivity contribution in [3.05, 3.63) is 59.2 Å². The molecule has 0 aliphatic heterocycles. The standard InChI is InChI=1S/C20H24N2O3S/c1-2-26(24,25)22-19-11-9-18(10-12-19)21-20(23)14-15-7-8-16-5-3-4-6-17(16)13-15/h7-13,22H,2-6,14H2,1H3,(H,21,23). The first kappa shape index (κ1) is 18.5. The summed E-state index contributed by atoms with van der Waals surface area (Å²) in [5.41, 5.74) is 4.93. The first-order valence-corrected chi connectivity index (χ1v) is 10.6. The minimum Gasteiger partial charge on any atom is -0.326 e. The summed E-state index contributed by atoms with van der Waals surface area (Å²) in [4.78, 5) is 12.3. The molecule has 0 aromatic heterocycles. The normalized spacial score (nSPS) is 13.7. The van der Waals surface area contributed by atoms with Crippen LogP contribution in [0, 0.1) is 0 Å². The molecule has 1 aliphatic rings. The summed E-state index contributed by atoms with van der Waals surface area (Å²) < 4.78 is 25.6. The average molecular weight is 372 g/mol. The number of aryl methyl sites for hydroxylation is 2. The molecule has 2 N–H and O–H groups in total. The highest BCUT2D eigenvalue weighted by Crippen LogP contribution is 2.22. The Bertz CT molecular complexity index is 890. The maximum Gasteiger partial charge on any atom is 0.232 e. The van der Waals surface area contributed by atoms with Gasteiger partial charge in [-0.2, -0.15) is 0 Å². The Labute approximate surface area is 154 Å². The van der Waals surface area contributed by atoms with E-state index in [1.54, 1.807) is 31.2 Å². The molecule has 0 fully saturated rings. The summed E-state index contributed by atoms with van der Waals surface area (Å²) in [7, 11) is -3.29. The minimum atomic E-state index is -3.29. The van der Waals surface area contributed by atoms with Crippen molar-refractivity contribution in [1.29, 1.82) is 0 Å². The fourth-order valence-electron chi connectivity index (χ4n) is 3.16. The Morgan fingerprint density at radius 3 is 2.31 bits per heavy atom. The molecule has 3 rings (SSSR count). The van der Waals surface area contributed by atoms with E-state index in [1.807, 2.05) is 6.07 Å². The van der Waals surface area contributed by atoms with E-state index >= 15 is 0 Å². The number of nitrogens with one attached hydrogen (secondary N) is 2. The molecule has 26 heavy (non-hydrogen) atoms. The zero-order chi connectivity index (χ0) is 18.6. The van der Waals surface area contributed by atoms with Gasteiger partial charge in [-0.15, -0.1) is 0 Å². The first-order valence-electron chi connectivity index (χ1n) is 8.96. The molecule has 1 aliphatic carbocycles. The number of anilines is 2. The number of rotatable bonds is 6. The molecule has 0 saturated carbocycles. The van der Waals surface area contributed by atoms with Crippen LogP contribution in [-0.2, 0) is 34.1 Å². The smallest absolute Gasteiger partial charge is 0.232 e. The molecule has 6 heteroatoms. The van der Waals surface area contributed by atoms with E-state index in [4.69, 9.17) is 0 Å². The third-order valence-corrected chi connectivity index (χ3v) is 5.91. The fraction of sp³-hybridized carbons (Fsp3) is 0.350. The molecular formula is C20H24N2O3S. The summed E-state index contributed by atoms with van der Waals surface area (Å²) in [6, 6.07) is 13.0. The minimum absolute atomic E-state index is 0.0201. The van der Waals surface area contributed by atoms with Crippen molar-refractivity contribution in [1.82, 2.24) is 0 Å². The third kappa shape index (κ3) is 4.85. The number of hydrogen-bond donors (Lipinski definition) is 2. The Kier molecular flexibility index (Phi) is 5.61. The summed E-state index contributed by atoms with van der Waals surface area (Å²) >= 11 is 0. The predicted molar refractivity (Wildman–Crippen MR) is 105 cm³/mol. The van der Waals surface area contributed by atoms with E-state index in [-0.39, 0.29) is 11.7 Å². The summed E-state index contributed by atoms with van der Waals surface area (Å²) in [6.07, 6.45) is 5.03. The van der Waals surface area contributed by atoms with Gasteiger partial charge in [0.05, 0.1) is 12.2 Å². The highest BCUT2D eigenvalue weighted by Gasteiger charge is 2.12. The molecule has 1 amide bonds. The zero-order valence-corrected chi connectivity index (χ0v) is 15.7. The van der Waals surface area contributed by atoms with Crippen molar-refractivity contribution in [3.8, 4) is 0 Å². The van der Waals surface area contributed by atoms with Crippen LogP contribution >= 0.6 is 0 Å². The molecular weight excluding hydrogens is 348 g/mol. The van der Waals surface area contributed by atoms with Gasteiger partial charge >= 0.3 is 0 Å². The van der Waals surface area contributed by atoms with E-state index < -0.39 is 10.0 Å². The lowest BCUT2D eigenvalue weighted by Gasteiger charge is -2.16. The molecule has 0 heterocycles. The van der Waals surface area contributed by atoms with E-state index in [2.05, 4.69) is 22.2 Å². The van der Waals surface area contributed by atoms with E-state index in [0.717, 1.165) is 18.4 Å². The lowest BCUT2D eigenvalue weighted by molar-refractivity contribution is -0.115. The highest BCUT2D eigenvalue weighted by molar-refractivity contribution is 7.92. The van der Waals surface area contributed by atoms with Gasteiger partial charge in [0.1, 0.15) is 0 Å². The number of hydrogen-bond acceptors (Lipinski definition) is 3. The molecule has 2 aromatic rings. The van der Waals surface area contributed by atoms with Gasteiger partial charge in [-0.25, -0.2) is 8.42 Å². The maximum absolute atomic E-state index is 12.3. The molecule has 0 spiro atoms. The highest BCUT2D eigenvalue weighted by atomic mass is 32.2. The second-order valence-corrected chi connectivity index (χ2v) is 8.63. The Morgan fingerprint density at radius 1 is 0.962 bits per heavy atom. The largest absolute Gasteiger partial charge is 0.326 e. The van der Waals surface area contributed by atoms with Gasteiger partial charge in [0.25, 0.3) is 0 Å². The van der Waals surface area contributed by atoms with Gasteiger partial charge in [-0.1, -0.05) is 18.2 Å². The first-order chi connectivity index (χ1) is 12.4. The van der Waals surface area contributed by atoms with Gasteiger partial charge in [0, 0.05) is 11.4 Å². The van der Waals surface area contributed by atoms with Crippen LogP contribution in [-0.4, -0.2) is 20.1 Å². The number of fused-ring (bicyclic) bond motifs is 1. The van der Waals surface area contributed by atoms with Crippen molar-refractivity contribution in [2.45, 2.75) is 39.0 Å². The lowest BCUT2D eigenvalue weighted by Crippen LogP contribution is -2.16. The third-order valence-electron chi connectivity index (χ3n) is 4.60. The molecule has 0 saturated heterocycles. The van der Waals surface area contributed by atoms with Gasteiger partial charge in [-0.05, 0) is 73.6 Å². The summed E-state index contributed by atoms with van der Waals surface area (Å²) in [6.45, 7) is 1.58. The maximum atomic E-state index is 12.3. The number of carbonyl (C=O) groups is 1. The van der Waals surface area contributed by atoms with Gasteiger partial charge in [0.2, 0.25) is 15.9 Å². The Balaban J connectivity index is 1.59. The quantitative estimate of drug-likeness (QED) is 0.815.